The molecule has 0 bridgehead atoms. The Labute approximate surface area is 133 Å². The molecule has 0 aromatic heterocycles. The maximum absolute atomic E-state index is 12.4. The first-order valence-corrected chi connectivity index (χ1v) is 7.05. The van der Waals surface area contributed by atoms with Gasteiger partial charge in [0.25, 0.3) is 5.91 Å². The van der Waals surface area contributed by atoms with Crippen LogP contribution in [0.25, 0.3) is 0 Å². The molecule has 108 valence electrons. The third-order valence-electron chi connectivity index (χ3n) is 2.97. The third-order valence-corrected chi connectivity index (χ3v) is 3.47. The molecule has 2 aromatic rings. The lowest BCUT2D eigenvalue weighted by Crippen LogP contribution is -2.34. The van der Waals surface area contributed by atoms with Gasteiger partial charge in [0.2, 0.25) is 5.91 Å². The Morgan fingerprint density at radius 1 is 0.905 bits per heavy atom. The van der Waals surface area contributed by atoms with Crippen molar-refractivity contribution in [3.8, 4) is 0 Å². The van der Waals surface area contributed by atoms with E-state index in [1.807, 2.05) is 0 Å². The van der Waals surface area contributed by atoms with Gasteiger partial charge in [-0.3, -0.25) is 14.5 Å². The normalized spacial score (nSPS) is 10.2. The van der Waals surface area contributed by atoms with Gasteiger partial charge < -0.3 is 0 Å². The number of hydrogen-bond donors (Lipinski definition) is 0. The average Bonchev–Trinajstić information content (AvgIpc) is 2.46. The van der Waals surface area contributed by atoms with E-state index in [2.05, 4.69) is 0 Å². The average molecular weight is 322 g/mol. The number of carbonyl (C=O) groups is 2. The zero-order valence-corrected chi connectivity index (χ0v) is 12.9. The Bertz CT molecular complexity index is 651. The molecule has 0 radical (unpaired) electrons. The lowest BCUT2D eigenvalue weighted by molar-refractivity contribution is -0.126. The van der Waals surface area contributed by atoms with Crippen LogP contribution in [0.3, 0.4) is 0 Å². The molecule has 0 fully saturated rings. The molecule has 3 nitrogen and oxygen atoms in total. The standard InChI is InChI=1S/C16H13Cl2NO2/c1-11(20)19(10-12-2-6-14(17)7-3-12)16(21)13-4-8-15(18)9-5-13/h2-9H,10H2,1H3. The Kier molecular flexibility index (Phi) is 4.99. The minimum absolute atomic E-state index is 0.202. The first kappa shape index (κ1) is 15.5. The van der Waals surface area contributed by atoms with E-state index in [0.717, 1.165) is 5.56 Å². The molecule has 0 saturated heterocycles. The van der Waals surface area contributed by atoms with E-state index in [0.29, 0.717) is 15.6 Å². The topological polar surface area (TPSA) is 37.4 Å². The predicted molar refractivity (Wildman–Crippen MR) is 83.5 cm³/mol. The Hall–Kier alpha value is -1.84. The summed E-state index contributed by atoms with van der Waals surface area (Å²) in [6.45, 7) is 1.57. The Morgan fingerprint density at radius 2 is 1.38 bits per heavy atom. The maximum Gasteiger partial charge on any atom is 0.260 e. The molecule has 0 aliphatic rings. The first-order chi connectivity index (χ1) is 9.97. The van der Waals surface area contributed by atoms with Crippen LogP contribution < -0.4 is 0 Å². The summed E-state index contributed by atoms with van der Waals surface area (Å²) in [5.74, 6) is -0.668. The first-order valence-electron chi connectivity index (χ1n) is 6.30. The number of amides is 2. The number of carbonyl (C=O) groups excluding carboxylic acids is 2. The number of benzene rings is 2. The molecule has 2 aromatic carbocycles. The van der Waals surface area contributed by atoms with Crippen molar-refractivity contribution in [3.63, 3.8) is 0 Å². The lowest BCUT2D eigenvalue weighted by Gasteiger charge is -2.19. The van der Waals surface area contributed by atoms with Gasteiger partial charge in [0.05, 0.1) is 6.54 Å². The van der Waals surface area contributed by atoms with E-state index < -0.39 is 0 Å². The molecular formula is C16H13Cl2NO2. The van der Waals surface area contributed by atoms with Gasteiger partial charge in [-0.15, -0.1) is 0 Å². The maximum atomic E-state index is 12.4. The van der Waals surface area contributed by atoms with Gasteiger partial charge in [-0.2, -0.15) is 0 Å². The van der Waals surface area contributed by atoms with Crippen molar-refractivity contribution in [1.82, 2.24) is 4.90 Å². The number of hydrogen-bond acceptors (Lipinski definition) is 2. The van der Waals surface area contributed by atoms with Crippen molar-refractivity contribution in [2.45, 2.75) is 13.5 Å². The summed E-state index contributed by atoms with van der Waals surface area (Å²) in [6.07, 6.45) is 0. The monoisotopic (exact) mass is 321 g/mol. The fourth-order valence-corrected chi connectivity index (χ4v) is 2.10. The highest BCUT2D eigenvalue weighted by atomic mass is 35.5. The van der Waals surface area contributed by atoms with Gasteiger partial charge in [0, 0.05) is 22.5 Å². The highest BCUT2D eigenvalue weighted by Gasteiger charge is 2.20. The van der Waals surface area contributed by atoms with E-state index >= 15 is 0 Å². The molecule has 0 heterocycles. The van der Waals surface area contributed by atoms with E-state index in [-0.39, 0.29) is 18.4 Å². The van der Waals surface area contributed by atoms with Crippen LogP contribution in [0.4, 0.5) is 0 Å². The molecule has 0 atom stereocenters. The van der Waals surface area contributed by atoms with Crippen LogP contribution in [-0.2, 0) is 11.3 Å². The molecule has 2 amide bonds. The molecule has 0 N–H and O–H groups in total. The van der Waals surface area contributed by atoms with E-state index in [4.69, 9.17) is 23.2 Å². The van der Waals surface area contributed by atoms with E-state index in [9.17, 15) is 9.59 Å². The second kappa shape index (κ2) is 6.74. The number of halogens is 2. The smallest absolute Gasteiger partial charge is 0.260 e. The Morgan fingerprint density at radius 3 is 1.86 bits per heavy atom. The highest BCUT2D eigenvalue weighted by molar-refractivity contribution is 6.30. The SMILES string of the molecule is CC(=O)N(Cc1ccc(Cl)cc1)C(=O)c1ccc(Cl)cc1. The van der Waals surface area contributed by atoms with Gasteiger partial charge >= 0.3 is 0 Å². The summed E-state index contributed by atoms with van der Waals surface area (Å²) in [4.78, 5) is 25.3. The van der Waals surface area contributed by atoms with Gasteiger partial charge in [-0.05, 0) is 42.0 Å². The Balaban J connectivity index is 2.22. The highest BCUT2D eigenvalue weighted by Crippen LogP contribution is 2.15. The van der Waals surface area contributed by atoms with Crippen molar-refractivity contribution < 1.29 is 9.59 Å². The molecule has 2 rings (SSSR count). The van der Waals surface area contributed by atoms with Crippen molar-refractivity contribution in [1.29, 1.82) is 0 Å². The molecular weight excluding hydrogens is 309 g/mol. The van der Waals surface area contributed by atoms with Crippen molar-refractivity contribution >= 4 is 35.0 Å². The van der Waals surface area contributed by atoms with Crippen molar-refractivity contribution in [2.75, 3.05) is 0 Å². The fraction of sp³-hybridized carbons (Fsp3) is 0.125. The molecule has 0 unspecified atom stereocenters. The molecule has 5 heteroatoms. The van der Waals surface area contributed by atoms with Gasteiger partial charge in [0.1, 0.15) is 0 Å². The van der Waals surface area contributed by atoms with Crippen LogP contribution >= 0.6 is 23.2 Å². The van der Waals surface area contributed by atoms with Gasteiger partial charge in [-0.25, -0.2) is 0 Å². The van der Waals surface area contributed by atoms with Crippen LogP contribution in [0.5, 0.6) is 0 Å². The molecule has 0 spiro atoms. The number of nitrogens with zero attached hydrogens (tertiary/aromatic N) is 1. The molecule has 21 heavy (non-hydrogen) atoms. The summed E-state index contributed by atoms with van der Waals surface area (Å²) >= 11 is 11.6. The van der Waals surface area contributed by atoms with Crippen molar-refractivity contribution in [2.24, 2.45) is 0 Å². The summed E-state index contributed by atoms with van der Waals surface area (Å²) in [5.41, 5.74) is 1.25. The van der Waals surface area contributed by atoms with Crippen LogP contribution in [0.15, 0.2) is 48.5 Å². The number of imide groups is 1. The minimum Gasteiger partial charge on any atom is -0.275 e. The van der Waals surface area contributed by atoms with Crippen LogP contribution in [0, 0.1) is 0 Å². The summed E-state index contributed by atoms with van der Waals surface area (Å²) in [6, 6.07) is 13.5. The summed E-state index contributed by atoms with van der Waals surface area (Å²) in [7, 11) is 0. The predicted octanol–water partition coefficient (Wildman–Crippen LogP) is 4.18. The molecule has 0 aliphatic heterocycles. The van der Waals surface area contributed by atoms with Crippen molar-refractivity contribution in [3.05, 3.63) is 69.7 Å². The van der Waals surface area contributed by atoms with E-state index in [1.54, 1.807) is 48.5 Å². The second-order valence-corrected chi connectivity index (χ2v) is 5.42. The minimum atomic E-state index is -0.353. The second-order valence-electron chi connectivity index (χ2n) is 4.54. The largest absolute Gasteiger partial charge is 0.275 e. The van der Waals surface area contributed by atoms with Gasteiger partial charge in [0.15, 0.2) is 0 Å². The zero-order valence-electron chi connectivity index (χ0n) is 11.3. The third kappa shape index (κ3) is 4.06. The van der Waals surface area contributed by atoms with Crippen LogP contribution in [0.1, 0.15) is 22.8 Å². The summed E-state index contributed by atoms with van der Waals surface area (Å²) in [5, 5.41) is 1.15. The lowest BCUT2D eigenvalue weighted by atomic mass is 10.1. The quantitative estimate of drug-likeness (QED) is 0.850. The zero-order chi connectivity index (χ0) is 15.4. The molecule has 0 aliphatic carbocycles. The number of rotatable bonds is 3. The van der Waals surface area contributed by atoms with E-state index in [1.165, 1.54) is 11.8 Å². The van der Waals surface area contributed by atoms with Crippen LogP contribution in [-0.4, -0.2) is 16.7 Å². The summed E-state index contributed by atoms with van der Waals surface area (Å²) < 4.78 is 0. The van der Waals surface area contributed by atoms with Crippen LogP contribution in [0.2, 0.25) is 10.0 Å². The fourth-order valence-electron chi connectivity index (χ4n) is 1.85. The van der Waals surface area contributed by atoms with Gasteiger partial charge in [-0.1, -0.05) is 35.3 Å². The molecule has 0 saturated carbocycles.